The van der Waals surface area contributed by atoms with Crippen LogP contribution in [-0.2, 0) is 6.54 Å². The van der Waals surface area contributed by atoms with Gasteiger partial charge in [-0.25, -0.2) is 0 Å². The molecule has 2 nitrogen and oxygen atoms in total. The summed E-state index contributed by atoms with van der Waals surface area (Å²) in [6, 6.07) is 8.84. The third-order valence-corrected chi connectivity index (χ3v) is 5.15. The second kappa shape index (κ2) is 5.82. The summed E-state index contributed by atoms with van der Waals surface area (Å²) < 4.78 is 0. The van der Waals surface area contributed by atoms with Crippen LogP contribution in [-0.4, -0.2) is 31.1 Å². The van der Waals surface area contributed by atoms with Crippen molar-refractivity contribution >= 4 is 11.6 Å². The van der Waals surface area contributed by atoms with E-state index in [2.05, 4.69) is 29.4 Å². The van der Waals surface area contributed by atoms with Gasteiger partial charge in [-0.05, 0) is 49.9 Å². The van der Waals surface area contributed by atoms with Crippen LogP contribution in [0.15, 0.2) is 24.3 Å². The highest BCUT2D eigenvalue weighted by Crippen LogP contribution is 2.37. The molecule has 2 aliphatic rings. The smallest absolute Gasteiger partial charge is 0.0451 e. The van der Waals surface area contributed by atoms with E-state index in [0.29, 0.717) is 6.04 Å². The molecule has 19 heavy (non-hydrogen) atoms. The number of benzene rings is 1. The first-order valence-electron chi connectivity index (χ1n) is 7.39. The number of nitrogens with one attached hydrogen (secondary N) is 1. The quantitative estimate of drug-likeness (QED) is 0.910. The van der Waals surface area contributed by atoms with Crippen LogP contribution in [0.4, 0.5) is 0 Å². The summed E-state index contributed by atoms with van der Waals surface area (Å²) in [6.07, 6.45) is 4.28. The second-order valence-electron chi connectivity index (χ2n) is 6.16. The largest absolute Gasteiger partial charge is 0.312 e. The number of rotatable bonds is 4. The summed E-state index contributed by atoms with van der Waals surface area (Å²) in [4.78, 5) is 2.40. The molecule has 3 unspecified atom stereocenters. The maximum atomic E-state index is 6.23. The molecule has 3 atom stereocenters. The molecule has 1 heterocycles. The van der Waals surface area contributed by atoms with E-state index >= 15 is 0 Å². The van der Waals surface area contributed by atoms with Crippen molar-refractivity contribution in [1.82, 2.24) is 10.2 Å². The van der Waals surface area contributed by atoms with Gasteiger partial charge in [0.25, 0.3) is 0 Å². The van der Waals surface area contributed by atoms with Crippen LogP contribution in [0.3, 0.4) is 0 Å². The predicted molar refractivity (Wildman–Crippen MR) is 80.4 cm³/mol. The number of nitrogens with zero attached hydrogens (tertiary/aromatic N) is 1. The second-order valence-corrected chi connectivity index (χ2v) is 6.56. The van der Waals surface area contributed by atoms with Gasteiger partial charge in [0.05, 0.1) is 0 Å². The van der Waals surface area contributed by atoms with Crippen LogP contribution < -0.4 is 5.32 Å². The van der Waals surface area contributed by atoms with E-state index in [1.807, 2.05) is 12.1 Å². The van der Waals surface area contributed by atoms with Gasteiger partial charge < -0.3 is 10.2 Å². The highest BCUT2D eigenvalue weighted by Gasteiger charge is 2.38. The average molecular weight is 279 g/mol. The fourth-order valence-electron chi connectivity index (χ4n) is 3.82. The topological polar surface area (TPSA) is 15.3 Å². The molecule has 1 aliphatic heterocycles. The van der Waals surface area contributed by atoms with E-state index in [-0.39, 0.29) is 0 Å². The normalized spacial score (nSPS) is 29.9. The molecule has 0 bridgehead atoms. The Morgan fingerprint density at radius 1 is 1.32 bits per heavy atom. The summed E-state index contributed by atoms with van der Waals surface area (Å²) in [5, 5.41) is 4.60. The summed E-state index contributed by atoms with van der Waals surface area (Å²) in [5.74, 6) is 1.85. The molecule has 0 amide bonds. The highest BCUT2D eigenvalue weighted by atomic mass is 35.5. The minimum atomic E-state index is 0.681. The zero-order valence-corrected chi connectivity index (χ0v) is 12.4. The number of likely N-dealkylation sites (N-methyl/N-ethyl adjacent to an activating group) is 1. The fourth-order valence-corrected chi connectivity index (χ4v) is 4.02. The molecule has 1 saturated heterocycles. The molecular weight excluding hydrogens is 256 g/mol. The average Bonchev–Trinajstić information content (AvgIpc) is 2.97. The molecule has 1 aliphatic carbocycles. The van der Waals surface area contributed by atoms with Crippen molar-refractivity contribution in [2.45, 2.75) is 31.8 Å². The maximum Gasteiger partial charge on any atom is 0.0451 e. The number of fused-ring (bicyclic) bond motifs is 1. The van der Waals surface area contributed by atoms with Crippen LogP contribution in [0.25, 0.3) is 0 Å². The summed E-state index contributed by atoms with van der Waals surface area (Å²) in [6.45, 7) is 3.30. The molecule has 104 valence electrons. The van der Waals surface area contributed by atoms with Crippen molar-refractivity contribution in [2.75, 3.05) is 20.1 Å². The Balaban J connectivity index is 1.57. The predicted octanol–water partition coefficient (Wildman–Crippen LogP) is 3.16. The van der Waals surface area contributed by atoms with Crippen LogP contribution >= 0.6 is 11.6 Å². The van der Waals surface area contributed by atoms with Gasteiger partial charge in [-0.1, -0.05) is 36.2 Å². The molecular formula is C16H23ClN2. The Bertz CT molecular complexity index is 435. The van der Waals surface area contributed by atoms with Crippen molar-refractivity contribution in [2.24, 2.45) is 11.8 Å². The molecule has 2 fully saturated rings. The standard InChI is InChI=1S/C16H23ClN2/c1-19(10-13-5-2-3-8-15(13)17)11-16-14-7-4-6-12(14)9-18-16/h2-3,5,8,12,14,16,18H,4,6-7,9-11H2,1H3. The summed E-state index contributed by atoms with van der Waals surface area (Å²) in [7, 11) is 2.20. The van der Waals surface area contributed by atoms with Gasteiger partial charge in [0.15, 0.2) is 0 Å². The minimum absolute atomic E-state index is 0.681. The van der Waals surface area contributed by atoms with Gasteiger partial charge in [-0.15, -0.1) is 0 Å². The van der Waals surface area contributed by atoms with Gasteiger partial charge in [-0.3, -0.25) is 0 Å². The zero-order chi connectivity index (χ0) is 13.2. The van der Waals surface area contributed by atoms with Gasteiger partial charge in [0, 0.05) is 24.2 Å². The first kappa shape index (κ1) is 13.4. The van der Waals surface area contributed by atoms with Gasteiger partial charge in [-0.2, -0.15) is 0 Å². The van der Waals surface area contributed by atoms with Gasteiger partial charge in [0.2, 0.25) is 0 Å². The van der Waals surface area contributed by atoms with Crippen molar-refractivity contribution in [3.63, 3.8) is 0 Å². The highest BCUT2D eigenvalue weighted by molar-refractivity contribution is 6.31. The van der Waals surface area contributed by atoms with E-state index in [9.17, 15) is 0 Å². The number of halogens is 1. The third kappa shape index (κ3) is 2.96. The number of hydrogen-bond donors (Lipinski definition) is 1. The zero-order valence-electron chi connectivity index (χ0n) is 11.6. The SMILES string of the molecule is CN(Cc1ccccc1Cl)CC1NCC2CCCC21. The molecule has 3 heteroatoms. The Kier molecular flexibility index (Phi) is 4.11. The molecule has 1 aromatic rings. The van der Waals surface area contributed by atoms with Crippen molar-refractivity contribution in [3.8, 4) is 0 Å². The van der Waals surface area contributed by atoms with E-state index in [1.54, 1.807) is 0 Å². The molecule has 1 aromatic carbocycles. The van der Waals surface area contributed by atoms with Crippen molar-refractivity contribution in [1.29, 1.82) is 0 Å². The molecule has 0 aromatic heterocycles. The molecule has 3 rings (SSSR count). The fraction of sp³-hybridized carbons (Fsp3) is 0.625. The summed E-state index contributed by atoms with van der Waals surface area (Å²) >= 11 is 6.23. The Morgan fingerprint density at radius 2 is 2.16 bits per heavy atom. The Hall–Kier alpha value is -0.570. The molecule has 0 spiro atoms. The van der Waals surface area contributed by atoms with Crippen LogP contribution in [0.5, 0.6) is 0 Å². The Morgan fingerprint density at radius 3 is 3.00 bits per heavy atom. The molecule has 1 saturated carbocycles. The first-order valence-corrected chi connectivity index (χ1v) is 7.77. The minimum Gasteiger partial charge on any atom is -0.312 e. The van der Waals surface area contributed by atoms with Crippen LogP contribution in [0.1, 0.15) is 24.8 Å². The maximum absolute atomic E-state index is 6.23. The van der Waals surface area contributed by atoms with Crippen LogP contribution in [0, 0.1) is 11.8 Å². The van der Waals surface area contributed by atoms with E-state index in [0.717, 1.165) is 29.9 Å². The third-order valence-electron chi connectivity index (χ3n) is 4.78. The lowest BCUT2D eigenvalue weighted by atomic mass is 9.94. The first-order chi connectivity index (χ1) is 9.24. The monoisotopic (exact) mass is 278 g/mol. The summed E-state index contributed by atoms with van der Waals surface area (Å²) in [5.41, 5.74) is 1.23. The van der Waals surface area contributed by atoms with E-state index in [4.69, 9.17) is 11.6 Å². The van der Waals surface area contributed by atoms with Gasteiger partial charge >= 0.3 is 0 Å². The lowest BCUT2D eigenvalue weighted by molar-refractivity contribution is 0.259. The van der Waals surface area contributed by atoms with E-state index in [1.165, 1.54) is 31.4 Å². The molecule has 1 N–H and O–H groups in total. The van der Waals surface area contributed by atoms with Crippen molar-refractivity contribution in [3.05, 3.63) is 34.9 Å². The lowest BCUT2D eigenvalue weighted by Crippen LogP contribution is -2.38. The van der Waals surface area contributed by atoms with Crippen molar-refractivity contribution < 1.29 is 0 Å². The van der Waals surface area contributed by atoms with E-state index < -0.39 is 0 Å². The molecule has 0 radical (unpaired) electrons. The van der Waals surface area contributed by atoms with Crippen LogP contribution in [0.2, 0.25) is 5.02 Å². The van der Waals surface area contributed by atoms with Gasteiger partial charge in [0.1, 0.15) is 0 Å². The number of hydrogen-bond acceptors (Lipinski definition) is 2. The Labute approximate surface area is 121 Å². The lowest BCUT2D eigenvalue weighted by Gasteiger charge is -2.25.